The van der Waals surface area contributed by atoms with Gasteiger partial charge in [-0.3, -0.25) is 9.69 Å². The van der Waals surface area contributed by atoms with Crippen molar-refractivity contribution in [1.82, 2.24) is 10.2 Å². The zero-order valence-corrected chi connectivity index (χ0v) is 10.6. The maximum absolute atomic E-state index is 11.6. The number of amides is 3. The molecule has 1 aliphatic rings. The molecule has 1 N–H and O–H groups in total. The van der Waals surface area contributed by atoms with Crippen LogP contribution in [0.3, 0.4) is 0 Å². The average molecular weight is 268 g/mol. The van der Waals surface area contributed by atoms with Gasteiger partial charge in [0.2, 0.25) is 0 Å². The number of hydrogen-bond acceptors (Lipinski definition) is 5. The topological polar surface area (TPSA) is 75.7 Å². The first-order chi connectivity index (χ1) is 8.59. The number of carbonyl (C=O) groups is 3. The van der Waals surface area contributed by atoms with Gasteiger partial charge in [-0.2, -0.15) is 0 Å². The lowest BCUT2D eigenvalue weighted by Crippen LogP contribution is -2.37. The van der Waals surface area contributed by atoms with Gasteiger partial charge in [0, 0.05) is 13.1 Å². The molecule has 18 heavy (non-hydrogen) atoms. The van der Waals surface area contributed by atoms with Gasteiger partial charge in [-0.15, -0.1) is 11.3 Å². The molecule has 0 aromatic carbocycles. The molecule has 2 heterocycles. The van der Waals surface area contributed by atoms with Crippen LogP contribution in [0, 0.1) is 6.92 Å². The Hall–Kier alpha value is -1.89. The number of urea groups is 1. The molecule has 7 heteroatoms. The van der Waals surface area contributed by atoms with E-state index in [0.29, 0.717) is 18.0 Å². The number of rotatable bonds is 3. The fourth-order valence-corrected chi connectivity index (χ4v) is 2.38. The number of nitrogens with one attached hydrogen (secondary N) is 1. The normalized spacial score (nSPS) is 14.5. The van der Waals surface area contributed by atoms with Crippen molar-refractivity contribution in [2.24, 2.45) is 0 Å². The average Bonchev–Trinajstić information content (AvgIpc) is 2.94. The summed E-state index contributed by atoms with van der Waals surface area (Å²) in [5.41, 5.74) is 0.816. The highest BCUT2D eigenvalue weighted by molar-refractivity contribution is 7.12. The second kappa shape index (κ2) is 5.18. The van der Waals surface area contributed by atoms with Gasteiger partial charge in [-0.05, 0) is 23.9 Å². The number of carbonyl (C=O) groups excluding carboxylic acids is 3. The Bertz CT molecular complexity index is 497. The van der Waals surface area contributed by atoms with Crippen molar-refractivity contribution >= 4 is 29.2 Å². The minimum absolute atomic E-state index is 0.313. The molecule has 1 saturated heterocycles. The molecule has 0 atom stereocenters. The predicted molar refractivity (Wildman–Crippen MR) is 64.5 cm³/mol. The second-order valence-corrected chi connectivity index (χ2v) is 4.70. The van der Waals surface area contributed by atoms with Crippen LogP contribution in [0.1, 0.15) is 15.2 Å². The molecule has 0 saturated carbocycles. The quantitative estimate of drug-likeness (QED) is 0.821. The van der Waals surface area contributed by atoms with Crippen molar-refractivity contribution in [3.05, 3.63) is 21.9 Å². The van der Waals surface area contributed by atoms with Gasteiger partial charge in [0.25, 0.3) is 5.91 Å². The standard InChI is InChI=1S/C11H12N2O4S/c1-7-2-5-18-9(7)10(15)17-6-8(14)13-4-3-12-11(13)16/h2,5H,3-4,6H2,1H3,(H,12,16). The van der Waals surface area contributed by atoms with E-state index in [-0.39, 0.29) is 0 Å². The van der Waals surface area contributed by atoms with Crippen LogP contribution in [0.5, 0.6) is 0 Å². The molecular formula is C11H12N2O4S. The van der Waals surface area contributed by atoms with Crippen molar-refractivity contribution in [2.45, 2.75) is 6.92 Å². The minimum atomic E-state index is -0.532. The summed E-state index contributed by atoms with van der Waals surface area (Å²) in [5, 5.41) is 4.28. The maximum atomic E-state index is 11.6. The zero-order valence-electron chi connectivity index (χ0n) is 9.76. The van der Waals surface area contributed by atoms with E-state index in [1.807, 2.05) is 0 Å². The summed E-state index contributed by atoms with van der Waals surface area (Å²) >= 11 is 1.26. The Morgan fingerprint density at radius 1 is 1.56 bits per heavy atom. The van der Waals surface area contributed by atoms with E-state index >= 15 is 0 Å². The van der Waals surface area contributed by atoms with Gasteiger partial charge >= 0.3 is 12.0 Å². The first-order valence-electron chi connectivity index (χ1n) is 5.39. The number of ether oxygens (including phenoxy) is 1. The summed E-state index contributed by atoms with van der Waals surface area (Å²) in [6.45, 7) is 2.13. The molecule has 0 radical (unpaired) electrons. The van der Waals surface area contributed by atoms with Crippen molar-refractivity contribution < 1.29 is 19.1 Å². The third-order valence-corrected chi connectivity index (χ3v) is 3.53. The summed E-state index contributed by atoms with van der Waals surface area (Å²) in [6, 6.07) is 1.36. The van der Waals surface area contributed by atoms with Gasteiger partial charge in [0.15, 0.2) is 6.61 Å². The van der Waals surface area contributed by atoms with E-state index in [1.165, 1.54) is 11.3 Å². The van der Waals surface area contributed by atoms with Gasteiger partial charge in [0.05, 0.1) is 0 Å². The smallest absolute Gasteiger partial charge is 0.349 e. The molecule has 6 nitrogen and oxygen atoms in total. The van der Waals surface area contributed by atoms with E-state index in [4.69, 9.17) is 4.74 Å². The lowest BCUT2D eigenvalue weighted by molar-refractivity contribution is -0.130. The molecule has 96 valence electrons. The van der Waals surface area contributed by atoms with Crippen LogP contribution in [0.25, 0.3) is 0 Å². The van der Waals surface area contributed by atoms with E-state index < -0.39 is 24.5 Å². The molecule has 0 bridgehead atoms. The largest absolute Gasteiger partial charge is 0.451 e. The summed E-state index contributed by atoms with van der Waals surface area (Å²) in [6.07, 6.45) is 0. The number of imide groups is 1. The highest BCUT2D eigenvalue weighted by Gasteiger charge is 2.27. The Morgan fingerprint density at radius 2 is 2.33 bits per heavy atom. The van der Waals surface area contributed by atoms with Gasteiger partial charge in [-0.1, -0.05) is 0 Å². The number of nitrogens with zero attached hydrogens (tertiary/aromatic N) is 1. The van der Waals surface area contributed by atoms with Crippen molar-refractivity contribution in [1.29, 1.82) is 0 Å². The predicted octanol–water partition coefficient (Wildman–Crippen LogP) is 0.765. The first-order valence-corrected chi connectivity index (χ1v) is 6.27. The molecule has 0 unspecified atom stereocenters. The fourth-order valence-electron chi connectivity index (χ4n) is 1.56. The lowest BCUT2D eigenvalue weighted by atomic mass is 10.3. The van der Waals surface area contributed by atoms with Crippen LogP contribution in [0.15, 0.2) is 11.4 Å². The summed E-state index contributed by atoms with van der Waals surface area (Å²) in [7, 11) is 0. The van der Waals surface area contributed by atoms with E-state index in [1.54, 1.807) is 18.4 Å². The summed E-state index contributed by atoms with van der Waals surface area (Å²) in [5.74, 6) is -1.04. The monoisotopic (exact) mass is 268 g/mol. The maximum Gasteiger partial charge on any atom is 0.349 e. The van der Waals surface area contributed by atoms with Crippen LogP contribution < -0.4 is 5.32 Å². The molecule has 1 fully saturated rings. The Kier molecular flexibility index (Phi) is 3.61. The second-order valence-electron chi connectivity index (χ2n) is 3.79. The zero-order chi connectivity index (χ0) is 13.1. The number of aryl methyl sites for hydroxylation is 1. The highest BCUT2D eigenvalue weighted by atomic mass is 32.1. The van der Waals surface area contributed by atoms with Crippen LogP contribution >= 0.6 is 11.3 Å². The Labute approximate surface area is 108 Å². The third-order valence-electron chi connectivity index (χ3n) is 2.53. The fraction of sp³-hybridized carbons (Fsp3) is 0.364. The number of hydrogen-bond donors (Lipinski definition) is 1. The molecule has 0 spiro atoms. The van der Waals surface area contributed by atoms with Crippen molar-refractivity contribution in [2.75, 3.05) is 19.7 Å². The lowest BCUT2D eigenvalue weighted by Gasteiger charge is -2.11. The molecule has 2 rings (SSSR count). The molecular weight excluding hydrogens is 256 g/mol. The van der Waals surface area contributed by atoms with Crippen LogP contribution in [-0.4, -0.2) is 42.5 Å². The van der Waals surface area contributed by atoms with E-state index in [9.17, 15) is 14.4 Å². The van der Waals surface area contributed by atoms with Gasteiger partial charge < -0.3 is 10.1 Å². The van der Waals surface area contributed by atoms with Crippen LogP contribution in [-0.2, 0) is 9.53 Å². The first kappa shape index (κ1) is 12.6. The number of esters is 1. The van der Waals surface area contributed by atoms with Crippen molar-refractivity contribution in [3.8, 4) is 0 Å². The summed E-state index contributed by atoms with van der Waals surface area (Å²) < 4.78 is 4.89. The van der Waals surface area contributed by atoms with E-state index in [2.05, 4.69) is 5.32 Å². The SMILES string of the molecule is Cc1ccsc1C(=O)OCC(=O)N1CCNC1=O. The minimum Gasteiger partial charge on any atom is -0.451 e. The molecule has 1 aromatic heterocycles. The van der Waals surface area contributed by atoms with Gasteiger partial charge in [0.1, 0.15) is 4.88 Å². The third kappa shape index (κ3) is 2.51. The molecule has 1 aliphatic heterocycles. The number of thiophene rings is 1. The van der Waals surface area contributed by atoms with Crippen LogP contribution in [0.4, 0.5) is 4.79 Å². The Morgan fingerprint density at radius 3 is 2.89 bits per heavy atom. The molecule has 0 aliphatic carbocycles. The Balaban J connectivity index is 1.88. The van der Waals surface area contributed by atoms with Gasteiger partial charge in [-0.25, -0.2) is 9.59 Å². The molecule has 1 aromatic rings. The molecule has 3 amide bonds. The highest BCUT2D eigenvalue weighted by Crippen LogP contribution is 2.16. The van der Waals surface area contributed by atoms with E-state index in [0.717, 1.165) is 10.5 Å². The van der Waals surface area contributed by atoms with Crippen LogP contribution in [0.2, 0.25) is 0 Å². The summed E-state index contributed by atoms with van der Waals surface area (Å²) in [4.78, 5) is 36.0. The van der Waals surface area contributed by atoms with Crippen molar-refractivity contribution in [3.63, 3.8) is 0 Å².